The van der Waals surface area contributed by atoms with E-state index in [-0.39, 0.29) is 0 Å². The molecule has 1 aromatic heterocycles. The molecule has 0 radical (unpaired) electrons. The van der Waals surface area contributed by atoms with Crippen molar-refractivity contribution >= 4 is 11.6 Å². The Morgan fingerprint density at radius 1 is 1.30 bits per heavy atom. The molecule has 0 saturated heterocycles. The molecule has 0 aliphatic heterocycles. The van der Waals surface area contributed by atoms with Crippen molar-refractivity contribution in [2.24, 2.45) is 23.8 Å². The molecule has 1 aliphatic carbocycles. The van der Waals surface area contributed by atoms with Gasteiger partial charge in [-0.3, -0.25) is 4.68 Å². The fourth-order valence-corrected chi connectivity index (χ4v) is 4.26. The Balaban J connectivity index is 2.23. The molecule has 0 aromatic carbocycles. The van der Waals surface area contributed by atoms with Gasteiger partial charge >= 0.3 is 0 Å². The molecule has 0 amide bonds. The SMILES string of the molecule is CCc1nn(C)c(CC(NC)C2C(C)(C)C2(C)C)c1Cl. The van der Waals surface area contributed by atoms with Gasteiger partial charge in [0, 0.05) is 19.5 Å². The van der Waals surface area contributed by atoms with Crippen LogP contribution in [-0.2, 0) is 19.9 Å². The normalized spacial score (nSPS) is 22.0. The highest BCUT2D eigenvalue weighted by molar-refractivity contribution is 6.31. The predicted molar refractivity (Wildman–Crippen MR) is 85.2 cm³/mol. The third-order valence-electron chi connectivity index (χ3n) is 5.82. The first-order valence-corrected chi connectivity index (χ1v) is 7.93. The molecule has 1 atom stereocenters. The summed E-state index contributed by atoms with van der Waals surface area (Å²) in [5.74, 6) is 0.663. The first-order chi connectivity index (χ1) is 9.18. The van der Waals surface area contributed by atoms with Crippen LogP contribution in [0.15, 0.2) is 0 Å². The van der Waals surface area contributed by atoms with E-state index in [9.17, 15) is 0 Å². The van der Waals surface area contributed by atoms with Crippen LogP contribution in [0.2, 0.25) is 5.02 Å². The van der Waals surface area contributed by atoms with Crippen LogP contribution in [0.4, 0.5) is 0 Å². The molecule has 2 rings (SSSR count). The van der Waals surface area contributed by atoms with Crippen LogP contribution < -0.4 is 5.32 Å². The number of aromatic nitrogens is 2. The summed E-state index contributed by atoms with van der Waals surface area (Å²) in [6, 6.07) is 0.442. The van der Waals surface area contributed by atoms with Crippen molar-refractivity contribution in [3.8, 4) is 0 Å². The van der Waals surface area contributed by atoms with Crippen LogP contribution in [-0.4, -0.2) is 22.9 Å². The van der Waals surface area contributed by atoms with Gasteiger partial charge in [-0.2, -0.15) is 5.10 Å². The standard InChI is InChI=1S/C16H28ClN3/c1-8-10-13(17)12(20(7)19-10)9-11(18-6)14-15(2,3)16(14,4)5/h11,14,18H,8-9H2,1-7H3. The largest absolute Gasteiger partial charge is 0.316 e. The van der Waals surface area contributed by atoms with E-state index in [4.69, 9.17) is 11.6 Å². The molecule has 0 spiro atoms. The van der Waals surface area contributed by atoms with Gasteiger partial charge in [-0.05, 0) is 30.2 Å². The van der Waals surface area contributed by atoms with Crippen LogP contribution in [0, 0.1) is 16.7 Å². The Labute approximate surface area is 128 Å². The van der Waals surface area contributed by atoms with E-state index in [1.54, 1.807) is 0 Å². The molecule has 0 bridgehead atoms. The van der Waals surface area contributed by atoms with Gasteiger partial charge in [0.05, 0.1) is 16.4 Å². The molecule has 4 heteroatoms. The van der Waals surface area contributed by atoms with E-state index in [1.807, 2.05) is 11.7 Å². The number of likely N-dealkylation sites (N-methyl/N-ethyl adjacent to an activating group) is 1. The fourth-order valence-electron chi connectivity index (χ4n) is 3.89. The zero-order chi connectivity index (χ0) is 15.3. The van der Waals surface area contributed by atoms with Gasteiger partial charge in [-0.15, -0.1) is 0 Å². The molecule has 1 aromatic rings. The van der Waals surface area contributed by atoms with Gasteiger partial charge < -0.3 is 5.32 Å². The summed E-state index contributed by atoms with van der Waals surface area (Å²) in [6.45, 7) is 11.6. The lowest BCUT2D eigenvalue weighted by Gasteiger charge is -2.19. The molecule has 1 unspecified atom stereocenters. The van der Waals surface area contributed by atoms with Crippen molar-refractivity contribution in [2.45, 2.75) is 53.5 Å². The molecule has 20 heavy (non-hydrogen) atoms. The van der Waals surface area contributed by atoms with Crippen molar-refractivity contribution in [1.82, 2.24) is 15.1 Å². The molecule has 1 fully saturated rings. The number of nitrogens with one attached hydrogen (secondary N) is 1. The lowest BCUT2D eigenvalue weighted by Crippen LogP contribution is -2.33. The van der Waals surface area contributed by atoms with E-state index in [0.29, 0.717) is 22.8 Å². The van der Waals surface area contributed by atoms with E-state index in [1.165, 1.54) is 0 Å². The summed E-state index contributed by atoms with van der Waals surface area (Å²) >= 11 is 6.49. The molecular formula is C16H28ClN3. The Morgan fingerprint density at radius 3 is 2.20 bits per heavy atom. The lowest BCUT2D eigenvalue weighted by atomic mass is 9.99. The number of hydrogen-bond donors (Lipinski definition) is 1. The second-order valence-corrected chi connectivity index (χ2v) is 7.58. The fraction of sp³-hybridized carbons (Fsp3) is 0.812. The highest BCUT2D eigenvalue weighted by atomic mass is 35.5. The second kappa shape index (κ2) is 5.03. The zero-order valence-electron chi connectivity index (χ0n) is 13.8. The van der Waals surface area contributed by atoms with Crippen LogP contribution in [0.1, 0.15) is 46.0 Å². The van der Waals surface area contributed by atoms with Gasteiger partial charge in [0.15, 0.2) is 0 Å². The van der Waals surface area contributed by atoms with Gasteiger partial charge in [-0.25, -0.2) is 0 Å². The Hall–Kier alpha value is -0.540. The second-order valence-electron chi connectivity index (χ2n) is 7.20. The average Bonchev–Trinajstić information content (AvgIpc) is 2.63. The van der Waals surface area contributed by atoms with Crippen molar-refractivity contribution in [3.63, 3.8) is 0 Å². The first kappa shape index (κ1) is 15.8. The number of hydrogen-bond acceptors (Lipinski definition) is 2. The quantitative estimate of drug-likeness (QED) is 0.902. The number of rotatable bonds is 5. The van der Waals surface area contributed by atoms with Crippen LogP contribution in [0.25, 0.3) is 0 Å². The minimum absolute atomic E-state index is 0.374. The predicted octanol–water partition coefficient (Wildman–Crippen LogP) is 3.45. The van der Waals surface area contributed by atoms with Gasteiger partial charge in [0.25, 0.3) is 0 Å². The maximum absolute atomic E-state index is 6.49. The molecule has 1 aliphatic rings. The molecule has 114 valence electrons. The topological polar surface area (TPSA) is 29.9 Å². The summed E-state index contributed by atoms with van der Waals surface area (Å²) in [5.41, 5.74) is 2.91. The van der Waals surface area contributed by atoms with E-state index < -0.39 is 0 Å². The van der Waals surface area contributed by atoms with Gasteiger partial charge in [0.2, 0.25) is 0 Å². The third-order valence-corrected chi connectivity index (χ3v) is 6.26. The molecule has 3 nitrogen and oxygen atoms in total. The summed E-state index contributed by atoms with van der Waals surface area (Å²) in [4.78, 5) is 0. The minimum atomic E-state index is 0.374. The summed E-state index contributed by atoms with van der Waals surface area (Å²) in [5, 5.41) is 8.88. The Morgan fingerprint density at radius 2 is 1.85 bits per heavy atom. The minimum Gasteiger partial charge on any atom is -0.316 e. The maximum Gasteiger partial charge on any atom is 0.0850 e. The summed E-state index contributed by atoms with van der Waals surface area (Å²) < 4.78 is 1.95. The first-order valence-electron chi connectivity index (χ1n) is 7.56. The third kappa shape index (κ3) is 2.19. The Bertz CT molecular complexity index is 488. The zero-order valence-corrected chi connectivity index (χ0v) is 14.6. The monoisotopic (exact) mass is 297 g/mol. The maximum atomic E-state index is 6.49. The highest BCUT2D eigenvalue weighted by Crippen LogP contribution is 2.69. The van der Waals surface area contributed by atoms with Crippen molar-refractivity contribution in [2.75, 3.05) is 7.05 Å². The highest BCUT2D eigenvalue weighted by Gasteiger charge is 2.66. The molecule has 1 N–H and O–H groups in total. The van der Waals surface area contributed by atoms with Gasteiger partial charge in [0.1, 0.15) is 0 Å². The van der Waals surface area contributed by atoms with Gasteiger partial charge in [-0.1, -0.05) is 46.2 Å². The van der Waals surface area contributed by atoms with E-state index in [0.717, 1.165) is 29.3 Å². The summed E-state index contributed by atoms with van der Waals surface area (Å²) in [6.07, 6.45) is 1.83. The number of halogens is 1. The van der Waals surface area contributed by atoms with Crippen LogP contribution in [0.3, 0.4) is 0 Å². The number of aryl methyl sites for hydroxylation is 2. The van der Waals surface area contributed by atoms with Crippen LogP contribution >= 0.6 is 11.6 Å². The van der Waals surface area contributed by atoms with Crippen molar-refractivity contribution in [1.29, 1.82) is 0 Å². The average molecular weight is 298 g/mol. The molecular weight excluding hydrogens is 270 g/mol. The lowest BCUT2D eigenvalue weighted by molar-refractivity contribution is 0.413. The van der Waals surface area contributed by atoms with E-state index in [2.05, 4.69) is 52.1 Å². The van der Waals surface area contributed by atoms with E-state index >= 15 is 0 Å². The summed E-state index contributed by atoms with van der Waals surface area (Å²) in [7, 11) is 4.05. The van der Waals surface area contributed by atoms with Crippen LogP contribution in [0.5, 0.6) is 0 Å². The van der Waals surface area contributed by atoms with Crippen molar-refractivity contribution in [3.05, 3.63) is 16.4 Å². The molecule has 1 heterocycles. The number of nitrogens with zero attached hydrogens (tertiary/aromatic N) is 2. The Kier molecular flexibility index (Phi) is 3.98. The molecule has 1 saturated carbocycles. The van der Waals surface area contributed by atoms with Crippen molar-refractivity contribution < 1.29 is 0 Å². The smallest absolute Gasteiger partial charge is 0.0850 e.